The first-order valence-corrected chi connectivity index (χ1v) is 9.53. The Labute approximate surface area is 146 Å². The van der Waals surface area contributed by atoms with E-state index in [4.69, 9.17) is 9.72 Å². The molecule has 2 fully saturated rings. The molecule has 0 radical (unpaired) electrons. The summed E-state index contributed by atoms with van der Waals surface area (Å²) < 4.78 is 5.75. The average molecular weight is 345 g/mol. The van der Waals surface area contributed by atoms with Gasteiger partial charge in [0.05, 0.1) is 11.8 Å². The van der Waals surface area contributed by atoms with Crippen molar-refractivity contribution in [3.63, 3.8) is 0 Å². The number of ether oxygens (including phenoxy) is 1. The van der Waals surface area contributed by atoms with Gasteiger partial charge in [0.1, 0.15) is 0 Å². The van der Waals surface area contributed by atoms with E-state index < -0.39 is 0 Å². The van der Waals surface area contributed by atoms with Crippen LogP contribution in [0.25, 0.3) is 10.8 Å². The second kappa shape index (κ2) is 7.65. The smallest absolute Gasteiger partial charge is 0.188 e. The van der Waals surface area contributed by atoms with Crippen LogP contribution in [-0.4, -0.2) is 70.2 Å². The van der Waals surface area contributed by atoms with E-state index in [2.05, 4.69) is 25.1 Å². The summed E-state index contributed by atoms with van der Waals surface area (Å²) in [5, 5.41) is 3.03. The molecule has 2 aromatic rings. The van der Waals surface area contributed by atoms with Gasteiger partial charge < -0.3 is 4.74 Å². The molecule has 0 aliphatic carbocycles. The van der Waals surface area contributed by atoms with Gasteiger partial charge in [-0.15, -0.1) is 11.3 Å². The van der Waals surface area contributed by atoms with E-state index in [1.54, 1.807) is 23.7 Å². The summed E-state index contributed by atoms with van der Waals surface area (Å²) in [6, 6.07) is 1.83. The number of thiazole rings is 1. The Morgan fingerprint density at radius 3 is 2.67 bits per heavy atom. The lowest BCUT2D eigenvalue weighted by Crippen LogP contribution is -2.48. The Morgan fingerprint density at radius 1 is 1.12 bits per heavy atom. The maximum absolute atomic E-state index is 5.75. The first-order chi connectivity index (χ1) is 11.9. The Kier molecular flexibility index (Phi) is 5.13. The third-order valence-corrected chi connectivity index (χ3v) is 5.53. The van der Waals surface area contributed by atoms with Crippen LogP contribution in [0.15, 0.2) is 23.8 Å². The predicted molar refractivity (Wildman–Crippen MR) is 93.8 cm³/mol. The van der Waals surface area contributed by atoms with Crippen LogP contribution in [-0.2, 0) is 11.3 Å². The number of hydrogen-bond acceptors (Lipinski definition) is 7. The zero-order chi connectivity index (χ0) is 16.2. The van der Waals surface area contributed by atoms with Crippen LogP contribution in [0.3, 0.4) is 0 Å². The van der Waals surface area contributed by atoms with Crippen LogP contribution in [0.5, 0.6) is 0 Å². The zero-order valence-corrected chi connectivity index (χ0v) is 14.6. The predicted octanol–water partition coefficient (Wildman–Crippen LogP) is 1.90. The summed E-state index contributed by atoms with van der Waals surface area (Å²) >= 11 is 1.62. The average Bonchev–Trinajstić information content (AvgIpc) is 3.29. The number of nitrogens with zero attached hydrogens (tertiary/aromatic N) is 5. The fraction of sp³-hybridized carbons (Fsp3) is 0.588. The molecular weight excluding hydrogens is 322 g/mol. The SMILES string of the molecule is c1cnc(-c2nc(CN3CCN(CC4CCCO4)CC3)cs2)nc1. The van der Waals surface area contributed by atoms with Gasteiger partial charge in [0.25, 0.3) is 0 Å². The summed E-state index contributed by atoms with van der Waals surface area (Å²) in [7, 11) is 0. The Bertz CT molecular complexity index is 635. The molecule has 2 aliphatic heterocycles. The van der Waals surface area contributed by atoms with Gasteiger partial charge in [-0.05, 0) is 18.9 Å². The molecule has 1 atom stereocenters. The quantitative estimate of drug-likeness (QED) is 0.825. The topological polar surface area (TPSA) is 54.4 Å². The van der Waals surface area contributed by atoms with Crippen LogP contribution >= 0.6 is 11.3 Å². The molecular formula is C17H23N5OS. The van der Waals surface area contributed by atoms with Gasteiger partial charge in [0, 0.05) is 63.6 Å². The highest BCUT2D eigenvalue weighted by atomic mass is 32.1. The van der Waals surface area contributed by atoms with Gasteiger partial charge in [-0.25, -0.2) is 15.0 Å². The fourth-order valence-electron chi connectivity index (χ4n) is 3.33. The summed E-state index contributed by atoms with van der Waals surface area (Å²) in [6.07, 6.45) is 6.43. The van der Waals surface area contributed by atoms with E-state index in [1.807, 2.05) is 6.07 Å². The highest BCUT2D eigenvalue weighted by Gasteiger charge is 2.23. The Hall–Kier alpha value is -1.41. The van der Waals surface area contributed by atoms with Crippen molar-refractivity contribution in [3.05, 3.63) is 29.5 Å². The molecule has 128 valence electrons. The van der Waals surface area contributed by atoms with E-state index in [9.17, 15) is 0 Å². The van der Waals surface area contributed by atoms with Crippen molar-refractivity contribution in [1.82, 2.24) is 24.8 Å². The number of hydrogen-bond donors (Lipinski definition) is 0. The number of rotatable bonds is 5. The third kappa shape index (κ3) is 3.97. The summed E-state index contributed by atoms with van der Waals surface area (Å²) in [4.78, 5) is 18.3. The molecule has 2 aliphatic rings. The molecule has 0 aromatic carbocycles. The lowest BCUT2D eigenvalue weighted by atomic mass is 10.2. The lowest BCUT2D eigenvalue weighted by molar-refractivity contribution is 0.0487. The molecule has 2 aromatic heterocycles. The van der Waals surface area contributed by atoms with Crippen molar-refractivity contribution in [3.8, 4) is 10.8 Å². The highest BCUT2D eigenvalue weighted by molar-refractivity contribution is 7.13. The standard InChI is InChI=1S/C17H23N5OS/c1-3-15(23-10-1)12-22-8-6-21(7-9-22)11-14-13-24-17(20-14)16-18-4-2-5-19-16/h2,4-5,13,15H,1,3,6-12H2. The highest BCUT2D eigenvalue weighted by Crippen LogP contribution is 2.21. The van der Waals surface area contributed by atoms with Crippen molar-refractivity contribution < 1.29 is 4.74 Å². The third-order valence-electron chi connectivity index (χ3n) is 4.65. The molecule has 2 saturated heterocycles. The van der Waals surface area contributed by atoms with Crippen molar-refractivity contribution in [2.45, 2.75) is 25.5 Å². The van der Waals surface area contributed by atoms with Crippen LogP contribution < -0.4 is 0 Å². The van der Waals surface area contributed by atoms with Crippen LogP contribution in [0.4, 0.5) is 0 Å². The Morgan fingerprint density at radius 2 is 1.92 bits per heavy atom. The van der Waals surface area contributed by atoms with E-state index in [0.29, 0.717) is 6.10 Å². The maximum atomic E-state index is 5.75. The van der Waals surface area contributed by atoms with E-state index in [1.165, 1.54) is 12.8 Å². The fourth-order valence-corrected chi connectivity index (χ4v) is 4.08. The van der Waals surface area contributed by atoms with Crippen molar-refractivity contribution >= 4 is 11.3 Å². The summed E-state index contributed by atoms with van der Waals surface area (Å²) in [5.41, 5.74) is 1.12. The van der Waals surface area contributed by atoms with Crippen LogP contribution in [0.2, 0.25) is 0 Å². The largest absolute Gasteiger partial charge is 0.377 e. The Balaban J connectivity index is 1.27. The monoisotopic (exact) mass is 345 g/mol. The molecule has 0 N–H and O–H groups in total. The molecule has 1 unspecified atom stereocenters. The number of piperazine rings is 1. The minimum absolute atomic E-state index is 0.462. The first-order valence-electron chi connectivity index (χ1n) is 8.65. The second-order valence-corrected chi connectivity index (χ2v) is 7.29. The summed E-state index contributed by atoms with van der Waals surface area (Å²) in [5.74, 6) is 0.718. The zero-order valence-electron chi connectivity index (χ0n) is 13.8. The molecule has 6 nitrogen and oxygen atoms in total. The van der Waals surface area contributed by atoms with Gasteiger partial charge in [-0.1, -0.05) is 0 Å². The lowest BCUT2D eigenvalue weighted by Gasteiger charge is -2.35. The van der Waals surface area contributed by atoms with Crippen LogP contribution in [0, 0.1) is 0 Å². The van der Waals surface area contributed by atoms with E-state index in [-0.39, 0.29) is 0 Å². The minimum atomic E-state index is 0.462. The second-order valence-electron chi connectivity index (χ2n) is 6.43. The van der Waals surface area contributed by atoms with Crippen molar-refractivity contribution in [2.24, 2.45) is 0 Å². The minimum Gasteiger partial charge on any atom is -0.377 e. The van der Waals surface area contributed by atoms with Crippen LogP contribution in [0.1, 0.15) is 18.5 Å². The first kappa shape index (κ1) is 16.1. The van der Waals surface area contributed by atoms with Gasteiger partial charge in [0.2, 0.25) is 0 Å². The number of aromatic nitrogens is 3. The molecule has 4 heterocycles. The van der Waals surface area contributed by atoms with Gasteiger partial charge in [0.15, 0.2) is 10.8 Å². The van der Waals surface area contributed by atoms with E-state index in [0.717, 1.165) is 62.4 Å². The summed E-state index contributed by atoms with van der Waals surface area (Å²) in [6.45, 7) is 7.40. The molecule has 7 heteroatoms. The molecule has 0 spiro atoms. The van der Waals surface area contributed by atoms with Gasteiger partial charge in [-0.3, -0.25) is 9.80 Å². The van der Waals surface area contributed by atoms with Gasteiger partial charge in [-0.2, -0.15) is 0 Å². The normalized spacial score (nSPS) is 22.9. The molecule has 0 amide bonds. The molecule has 24 heavy (non-hydrogen) atoms. The van der Waals surface area contributed by atoms with Crippen molar-refractivity contribution in [1.29, 1.82) is 0 Å². The van der Waals surface area contributed by atoms with Gasteiger partial charge >= 0.3 is 0 Å². The molecule has 0 saturated carbocycles. The maximum Gasteiger partial charge on any atom is 0.188 e. The molecule has 4 rings (SSSR count). The van der Waals surface area contributed by atoms with Crippen molar-refractivity contribution in [2.75, 3.05) is 39.3 Å². The van der Waals surface area contributed by atoms with E-state index >= 15 is 0 Å². The molecule has 0 bridgehead atoms.